The normalized spacial score (nSPS) is 10.6. The van der Waals surface area contributed by atoms with Crippen LogP contribution in [0.25, 0.3) is 0 Å². The molecule has 0 atom stereocenters. The van der Waals surface area contributed by atoms with Crippen LogP contribution in [0.1, 0.15) is 10.6 Å². The van der Waals surface area contributed by atoms with Crippen LogP contribution in [-0.2, 0) is 11.0 Å². The summed E-state index contributed by atoms with van der Waals surface area (Å²) in [5.74, 6) is 0. The highest BCUT2D eigenvalue weighted by atomic mass is 32.1. The molecule has 0 unspecified atom stereocenters. The number of hydrogen-bond donors (Lipinski definition) is 4. The van der Waals surface area contributed by atoms with Crippen LogP contribution in [0.4, 0.5) is 0 Å². The molecule has 8 heteroatoms. The summed E-state index contributed by atoms with van der Waals surface area (Å²) in [6.45, 7) is 2.22. The molecule has 0 aromatic carbocycles. The first-order chi connectivity index (χ1) is 6.34. The SMILES string of the molecule is Cc1scnc1CCO.O=P(O)(O)O. The summed E-state index contributed by atoms with van der Waals surface area (Å²) < 4.78 is 8.88. The van der Waals surface area contributed by atoms with E-state index in [9.17, 15) is 0 Å². The van der Waals surface area contributed by atoms with Gasteiger partial charge >= 0.3 is 7.82 Å². The van der Waals surface area contributed by atoms with Gasteiger partial charge in [0.05, 0.1) is 11.2 Å². The third-order valence-corrected chi connectivity index (χ3v) is 1.99. The predicted molar refractivity (Wildman–Crippen MR) is 51.9 cm³/mol. The number of hydrogen-bond acceptors (Lipinski definition) is 4. The summed E-state index contributed by atoms with van der Waals surface area (Å²) in [5.41, 5.74) is 2.84. The Morgan fingerprint density at radius 3 is 2.29 bits per heavy atom. The van der Waals surface area contributed by atoms with Crippen LogP contribution in [0.3, 0.4) is 0 Å². The van der Waals surface area contributed by atoms with Gasteiger partial charge in [0.2, 0.25) is 0 Å². The van der Waals surface area contributed by atoms with Crippen molar-refractivity contribution in [3.05, 3.63) is 16.1 Å². The maximum atomic E-state index is 8.88. The van der Waals surface area contributed by atoms with Crippen molar-refractivity contribution in [2.24, 2.45) is 0 Å². The van der Waals surface area contributed by atoms with Gasteiger partial charge in [0.15, 0.2) is 0 Å². The fourth-order valence-corrected chi connectivity index (χ4v) is 1.30. The molecule has 82 valence electrons. The summed E-state index contributed by atoms with van der Waals surface area (Å²) in [6.07, 6.45) is 0.690. The molecule has 0 saturated heterocycles. The lowest BCUT2D eigenvalue weighted by atomic mass is 10.3. The van der Waals surface area contributed by atoms with Crippen LogP contribution in [-0.4, -0.2) is 31.4 Å². The third-order valence-electron chi connectivity index (χ3n) is 1.19. The van der Waals surface area contributed by atoms with Crippen LogP contribution in [0, 0.1) is 6.92 Å². The van der Waals surface area contributed by atoms with E-state index >= 15 is 0 Å². The van der Waals surface area contributed by atoms with E-state index in [-0.39, 0.29) is 6.61 Å². The van der Waals surface area contributed by atoms with Gasteiger partial charge in [-0.3, -0.25) is 0 Å². The number of thiazole rings is 1. The molecule has 1 rings (SSSR count). The maximum Gasteiger partial charge on any atom is 0.466 e. The average molecular weight is 241 g/mol. The van der Waals surface area contributed by atoms with Gasteiger partial charge in [-0.2, -0.15) is 0 Å². The molecule has 1 aromatic heterocycles. The van der Waals surface area contributed by atoms with Crippen molar-refractivity contribution < 1.29 is 24.4 Å². The van der Waals surface area contributed by atoms with Gasteiger partial charge in [0.1, 0.15) is 0 Å². The molecule has 6 nitrogen and oxygen atoms in total. The minimum atomic E-state index is -4.64. The number of aryl methyl sites for hydroxylation is 1. The number of aliphatic hydroxyl groups is 1. The van der Waals surface area contributed by atoms with Crippen molar-refractivity contribution in [3.8, 4) is 0 Å². The zero-order chi connectivity index (χ0) is 11.2. The molecule has 0 fully saturated rings. The molecule has 0 aliphatic rings. The summed E-state index contributed by atoms with van der Waals surface area (Å²) in [7, 11) is -4.64. The van der Waals surface area contributed by atoms with Gasteiger partial charge in [-0.15, -0.1) is 11.3 Å². The zero-order valence-corrected chi connectivity index (χ0v) is 9.20. The Morgan fingerprint density at radius 1 is 1.50 bits per heavy atom. The number of rotatable bonds is 2. The Labute approximate surface area is 85.1 Å². The molecule has 0 saturated carbocycles. The van der Waals surface area contributed by atoms with Gasteiger partial charge < -0.3 is 19.8 Å². The number of aliphatic hydroxyl groups excluding tert-OH is 1. The highest BCUT2D eigenvalue weighted by Gasteiger charge is 2.00. The van der Waals surface area contributed by atoms with Crippen molar-refractivity contribution in [1.82, 2.24) is 4.98 Å². The van der Waals surface area contributed by atoms with E-state index < -0.39 is 7.82 Å². The van der Waals surface area contributed by atoms with E-state index in [1.54, 1.807) is 16.8 Å². The predicted octanol–water partition coefficient (Wildman–Crippen LogP) is 0.0577. The quantitative estimate of drug-likeness (QED) is 0.545. The van der Waals surface area contributed by atoms with Crippen molar-refractivity contribution >= 4 is 19.2 Å². The number of phosphoric acid groups is 1. The first-order valence-electron chi connectivity index (χ1n) is 3.62. The van der Waals surface area contributed by atoms with E-state index in [1.807, 2.05) is 6.92 Å². The number of aromatic nitrogens is 1. The first-order valence-corrected chi connectivity index (χ1v) is 6.07. The molecule has 0 spiro atoms. The van der Waals surface area contributed by atoms with Gasteiger partial charge in [0.25, 0.3) is 0 Å². The summed E-state index contributed by atoms with van der Waals surface area (Å²) in [6, 6.07) is 0. The van der Waals surface area contributed by atoms with Crippen molar-refractivity contribution in [2.75, 3.05) is 6.61 Å². The Hall–Kier alpha value is -0.300. The lowest BCUT2D eigenvalue weighted by Crippen LogP contribution is -1.91. The Kier molecular flexibility index (Phi) is 6.10. The van der Waals surface area contributed by atoms with Crippen LogP contribution in [0.2, 0.25) is 0 Å². The van der Waals surface area contributed by atoms with Crippen LogP contribution in [0.15, 0.2) is 5.51 Å². The monoisotopic (exact) mass is 241 g/mol. The topological polar surface area (TPSA) is 111 Å². The fraction of sp³-hybridized carbons (Fsp3) is 0.500. The Bertz CT molecular complexity index is 301. The smallest absolute Gasteiger partial charge is 0.396 e. The molecule has 0 aliphatic carbocycles. The largest absolute Gasteiger partial charge is 0.466 e. The summed E-state index contributed by atoms with van der Waals surface area (Å²) in [5, 5.41) is 8.53. The minimum absolute atomic E-state index is 0.199. The molecule has 4 N–H and O–H groups in total. The minimum Gasteiger partial charge on any atom is -0.396 e. The van der Waals surface area contributed by atoms with Crippen LogP contribution in [0.5, 0.6) is 0 Å². The molecular formula is C6H12NO5PS. The molecular weight excluding hydrogens is 229 g/mol. The lowest BCUT2D eigenvalue weighted by Gasteiger charge is -1.90. The molecule has 14 heavy (non-hydrogen) atoms. The maximum absolute atomic E-state index is 8.88. The van der Waals surface area contributed by atoms with E-state index in [1.165, 1.54) is 4.88 Å². The van der Waals surface area contributed by atoms with Gasteiger partial charge in [-0.05, 0) is 6.92 Å². The molecule has 0 radical (unpaired) electrons. The summed E-state index contributed by atoms with van der Waals surface area (Å²) in [4.78, 5) is 26.8. The second-order valence-corrected chi connectivity index (χ2v) is 4.43. The van der Waals surface area contributed by atoms with Gasteiger partial charge in [0, 0.05) is 17.9 Å². The molecule has 0 bridgehead atoms. The van der Waals surface area contributed by atoms with E-state index in [0.29, 0.717) is 6.42 Å². The van der Waals surface area contributed by atoms with E-state index in [2.05, 4.69) is 4.98 Å². The van der Waals surface area contributed by atoms with Crippen LogP contribution >= 0.6 is 19.2 Å². The molecule has 0 amide bonds. The molecule has 0 aliphatic heterocycles. The third kappa shape index (κ3) is 8.31. The van der Waals surface area contributed by atoms with Crippen molar-refractivity contribution in [3.63, 3.8) is 0 Å². The number of nitrogens with zero attached hydrogens (tertiary/aromatic N) is 1. The second kappa shape index (κ2) is 6.23. The average Bonchev–Trinajstić information content (AvgIpc) is 2.34. The van der Waals surface area contributed by atoms with Gasteiger partial charge in [-0.1, -0.05) is 0 Å². The highest BCUT2D eigenvalue weighted by molar-refractivity contribution is 7.45. The van der Waals surface area contributed by atoms with Gasteiger partial charge in [-0.25, -0.2) is 9.55 Å². The second-order valence-electron chi connectivity index (χ2n) is 2.34. The summed E-state index contributed by atoms with van der Waals surface area (Å²) >= 11 is 1.62. The molecule has 1 aromatic rings. The first kappa shape index (κ1) is 13.7. The van der Waals surface area contributed by atoms with E-state index in [4.69, 9.17) is 24.4 Å². The highest BCUT2D eigenvalue weighted by Crippen LogP contribution is 2.25. The van der Waals surface area contributed by atoms with Crippen LogP contribution < -0.4 is 0 Å². The molecule has 1 heterocycles. The standard InChI is InChI=1S/C6H9NOS.H3O4P/c1-5-6(2-3-8)7-4-9-5;1-5(2,3)4/h4,8H,2-3H2,1H3;(H3,1,2,3,4). The fourth-order valence-electron chi connectivity index (χ4n) is 0.674. The van der Waals surface area contributed by atoms with Crippen molar-refractivity contribution in [1.29, 1.82) is 0 Å². The van der Waals surface area contributed by atoms with Crippen molar-refractivity contribution in [2.45, 2.75) is 13.3 Å². The van der Waals surface area contributed by atoms with E-state index in [0.717, 1.165) is 5.69 Å². The Balaban J connectivity index is 0.000000292. The zero-order valence-electron chi connectivity index (χ0n) is 7.49. The lowest BCUT2D eigenvalue weighted by molar-refractivity contribution is 0.275. The Morgan fingerprint density at radius 2 is 2.00 bits per heavy atom.